The summed E-state index contributed by atoms with van der Waals surface area (Å²) in [5.41, 5.74) is 2.42. The quantitative estimate of drug-likeness (QED) is 0.831. The topological polar surface area (TPSA) is 54.5 Å². The highest BCUT2D eigenvalue weighted by Crippen LogP contribution is 2.32. The Morgan fingerprint density at radius 3 is 2.83 bits per heavy atom. The van der Waals surface area contributed by atoms with Crippen LogP contribution in [0.2, 0.25) is 5.15 Å². The predicted molar refractivity (Wildman–Crippen MR) is 98.5 cm³/mol. The van der Waals surface area contributed by atoms with E-state index in [-0.39, 0.29) is 5.15 Å². The van der Waals surface area contributed by atoms with Gasteiger partial charge in [-0.1, -0.05) is 35.1 Å². The Labute approximate surface area is 150 Å². The Kier molecular flexibility index (Phi) is 5.26. The van der Waals surface area contributed by atoms with Crippen LogP contribution in [0.25, 0.3) is 0 Å². The Morgan fingerprint density at radius 1 is 1.42 bits per heavy atom. The van der Waals surface area contributed by atoms with Crippen molar-refractivity contribution in [3.8, 4) is 0 Å². The number of rotatable bonds is 4. The number of ether oxygens (including phenoxy) is 1. The molecule has 1 saturated heterocycles. The molecule has 0 amide bonds. The van der Waals surface area contributed by atoms with Crippen LogP contribution >= 0.6 is 22.9 Å². The van der Waals surface area contributed by atoms with Crippen LogP contribution in [0.5, 0.6) is 0 Å². The van der Waals surface area contributed by atoms with Crippen molar-refractivity contribution in [1.29, 1.82) is 0 Å². The minimum atomic E-state index is -0.431. The first kappa shape index (κ1) is 17.0. The number of hydrogen-bond acceptors (Lipinski definition) is 6. The number of esters is 1. The summed E-state index contributed by atoms with van der Waals surface area (Å²) < 4.78 is 4.73. The van der Waals surface area contributed by atoms with E-state index in [1.165, 1.54) is 29.7 Å². The molecule has 128 valence electrons. The maximum Gasteiger partial charge on any atom is 0.351 e. The second-order valence-electron chi connectivity index (χ2n) is 5.88. The first-order chi connectivity index (χ1) is 11.6. The molecule has 1 aromatic carbocycles. The number of aryl methyl sites for hydroxylation is 1. The second kappa shape index (κ2) is 7.40. The zero-order valence-electron chi connectivity index (χ0n) is 13.7. The molecule has 1 aliphatic heterocycles. The molecule has 0 radical (unpaired) electrons. The summed E-state index contributed by atoms with van der Waals surface area (Å²) in [6.45, 7) is 3.86. The van der Waals surface area contributed by atoms with Crippen LogP contribution in [-0.2, 0) is 4.74 Å². The van der Waals surface area contributed by atoms with Gasteiger partial charge in [0.15, 0.2) is 15.2 Å². The molecule has 0 bridgehead atoms. The van der Waals surface area contributed by atoms with E-state index < -0.39 is 5.97 Å². The van der Waals surface area contributed by atoms with Gasteiger partial charge in [-0.2, -0.15) is 0 Å². The zero-order valence-corrected chi connectivity index (χ0v) is 15.3. The molecule has 24 heavy (non-hydrogen) atoms. The zero-order chi connectivity index (χ0) is 17.1. The SMILES string of the molecule is COC(=O)c1sc(N2CCC(Nc3cccc(C)c3)CC2)nc1Cl. The van der Waals surface area contributed by atoms with Gasteiger partial charge in [-0.25, -0.2) is 9.78 Å². The molecule has 0 saturated carbocycles. The fourth-order valence-corrected chi connectivity index (χ4v) is 4.08. The number of thiazole rings is 1. The van der Waals surface area contributed by atoms with Gasteiger partial charge >= 0.3 is 5.97 Å². The highest BCUT2D eigenvalue weighted by atomic mass is 35.5. The van der Waals surface area contributed by atoms with E-state index in [4.69, 9.17) is 16.3 Å². The molecule has 0 aliphatic carbocycles. The van der Waals surface area contributed by atoms with Crippen molar-refractivity contribution in [2.24, 2.45) is 0 Å². The van der Waals surface area contributed by atoms with Gasteiger partial charge in [0.2, 0.25) is 0 Å². The van der Waals surface area contributed by atoms with Crippen molar-refractivity contribution in [3.63, 3.8) is 0 Å². The van der Waals surface area contributed by atoms with E-state index in [0.29, 0.717) is 10.9 Å². The third kappa shape index (κ3) is 3.82. The lowest BCUT2D eigenvalue weighted by Gasteiger charge is -2.32. The summed E-state index contributed by atoms with van der Waals surface area (Å²) in [4.78, 5) is 18.5. The number of halogens is 1. The van der Waals surface area contributed by atoms with Crippen molar-refractivity contribution >= 4 is 39.7 Å². The summed E-state index contributed by atoms with van der Waals surface area (Å²) in [5, 5.41) is 4.60. The van der Waals surface area contributed by atoms with Crippen molar-refractivity contribution in [3.05, 3.63) is 39.9 Å². The summed E-state index contributed by atoms with van der Waals surface area (Å²) in [5.74, 6) is -0.431. The third-order valence-electron chi connectivity index (χ3n) is 4.10. The number of nitrogens with zero attached hydrogens (tertiary/aromatic N) is 2. The lowest BCUT2D eigenvalue weighted by molar-refractivity contribution is 0.0606. The maximum atomic E-state index is 11.6. The van der Waals surface area contributed by atoms with Crippen LogP contribution in [0.1, 0.15) is 28.1 Å². The molecule has 5 nitrogen and oxygen atoms in total. The van der Waals surface area contributed by atoms with Gasteiger partial charge in [-0.15, -0.1) is 0 Å². The van der Waals surface area contributed by atoms with E-state index >= 15 is 0 Å². The molecule has 7 heteroatoms. The van der Waals surface area contributed by atoms with E-state index in [2.05, 4.69) is 46.4 Å². The summed E-state index contributed by atoms with van der Waals surface area (Å²) >= 11 is 7.34. The summed E-state index contributed by atoms with van der Waals surface area (Å²) in [6, 6.07) is 8.87. The van der Waals surface area contributed by atoms with Crippen molar-refractivity contribution < 1.29 is 9.53 Å². The number of anilines is 2. The van der Waals surface area contributed by atoms with Crippen molar-refractivity contribution in [2.75, 3.05) is 30.4 Å². The first-order valence-corrected chi connectivity index (χ1v) is 9.09. The number of aromatic nitrogens is 1. The van der Waals surface area contributed by atoms with Crippen LogP contribution in [0.15, 0.2) is 24.3 Å². The summed E-state index contributed by atoms with van der Waals surface area (Å²) in [7, 11) is 1.35. The van der Waals surface area contributed by atoms with E-state index in [9.17, 15) is 4.79 Å². The molecule has 1 fully saturated rings. The minimum absolute atomic E-state index is 0.224. The molecule has 1 aromatic heterocycles. The normalized spacial score (nSPS) is 15.4. The second-order valence-corrected chi connectivity index (χ2v) is 7.22. The average Bonchev–Trinajstić information content (AvgIpc) is 2.97. The number of benzene rings is 1. The molecule has 3 rings (SSSR count). The number of methoxy groups -OCH3 is 1. The monoisotopic (exact) mass is 365 g/mol. The van der Waals surface area contributed by atoms with Crippen LogP contribution in [0.3, 0.4) is 0 Å². The number of nitrogens with one attached hydrogen (secondary N) is 1. The molecule has 0 spiro atoms. The fraction of sp³-hybridized carbons (Fsp3) is 0.412. The lowest BCUT2D eigenvalue weighted by atomic mass is 10.0. The molecular formula is C17H20ClN3O2S. The van der Waals surface area contributed by atoms with Gasteiger partial charge in [0.25, 0.3) is 0 Å². The molecular weight excluding hydrogens is 346 g/mol. The first-order valence-electron chi connectivity index (χ1n) is 7.89. The predicted octanol–water partition coefficient (Wildman–Crippen LogP) is 3.97. The van der Waals surface area contributed by atoms with Gasteiger partial charge in [0.05, 0.1) is 7.11 Å². The van der Waals surface area contributed by atoms with Gasteiger partial charge in [-0.05, 0) is 37.5 Å². The summed E-state index contributed by atoms with van der Waals surface area (Å²) in [6.07, 6.45) is 2.03. The molecule has 2 heterocycles. The lowest BCUT2D eigenvalue weighted by Crippen LogP contribution is -2.39. The Bertz CT molecular complexity index is 726. The standard InChI is InChI=1S/C17H20ClN3O2S/c1-11-4-3-5-13(10-11)19-12-6-8-21(9-7-12)17-20-15(18)14(24-17)16(22)23-2/h3-5,10,12,19H,6-9H2,1-2H3. The molecule has 0 unspecified atom stereocenters. The van der Waals surface area contributed by atoms with Gasteiger partial charge < -0.3 is 15.0 Å². The Hall–Kier alpha value is -1.79. The van der Waals surface area contributed by atoms with Crippen molar-refractivity contribution in [1.82, 2.24) is 4.98 Å². The Morgan fingerprint density at radius 2 is 2.17 bits per heavy atom. The highest BCUT2D eigenvalue weighted by molar-refractivity contribution is 7.18. The molecule has 1 N–H and O–H groups in total. The number of carbonyl (C=O) groups is 1. The highest BCUT2D eigenvalue weighted by Gasteiger charge is 2.24. The minimum Gasteiger partial charge on any atom is -0.465 e. The van der Waals surface area contributed by atoms with Gasteiger partial charge in [0, 0.05) is 24.8 Å². The molecule has 2 aromatic rings. The Balaban J connectivity index is 1.60. The van der Waals surface area contributed by atoms with Crippen LogP contribution in [0.4, 0.5) is 10.8 Å². The molecule has 0 atom stereocenters. The largest absolute Gasteiger partial charge is 0.465 e. The number of piperidine rings is 1. The maximum absolute atomic E-state index is 11.6. The molecule has 1 aliphatic rings. The van der Waals surface area contributed by atoms with Crippen molar-refractivity contribution in [2.45, 2.75) is 25.8 Å². The van der Waals surface area contributed by atoms with Gasteiger partial charge in [-0.3, -0.25) is 0 Å². The smallest absolute Gasteiger partial charge is 0.351 e. The van der Waals surface area contributed by atoms with E-state index in [1.807, 2.05) is 0 Å². The van der Waals surface area contributed by atoms with Crippen LogP contribution < -0.4 is 10.2 Å². The number of carbonyl (C=O) groups excluding carboxylic acids is 1. The van der Waals surface area contributed by atoms with E-state index in [0.717, 1.165) is 31.1 Å². The number of hydrogen-bond donors (Lipinski definition) is 1. The van der Waals surface area contributed by atoms with Gasteiger partial charge in [0.1, 0.15) is 0 Å². The van der Waals surface area contributed by atoms with E-state index in [1.54, 1.807) is 0 Å². The average molecular weight is 366 g/mol. The fourth-order valence-electron chi connectivity index (χ4n) is 2.83. The van der Waals surface area contributed by atoms with Crippen LogP contribution in [-0.4, -0.2) is 37.2 Å². The third-order valence-corrected chi connectivity index (χ3v) is 5.58. The van der Waals surface area contributed by atoms with Crippen LogP contribution in [0, 0.1) is 6.92 Å².